The van der Waals surface area contributed by atoms with Gasteiger partial charge in [0.2, 0.25) is 0 Å². The van der Waals surface area contributed by atoms with Crippen LogP contribution in [0.15, 0.2) is 53.0 Å². The number of hydrogen-bond acceptors (Lipinski definition) is 5. The van der Waals surface area contributed by atoms with Crippen LogP contribution in [0.25, 0.3) is 0 Å². The number of rotatable bonds is 5. The van der Waals surface area contributed by atoms with Crippen LogP contribution >= 0.6 is 15.9 Å². The average Bonchev–Trinajstić information content (AvgIpc) is 2.99. The van der Waals surface area contributed by atoms with E-state index in [0.29, 0.717) is 11.3 Å². The van der Waals surface area contributed by atoms with Crippen LogP contribution in [-0.4, -0.2) is 35.3 Å². The number of amides is 3. The number of anilines is 1. The fraction of sp³-hybridized carbons (Fsp3) is 0.348. The first-order valence-corrected chi connectivity index (χ1v) is 11.1. The van der Waals surface area contributed by atoms with Gasteiger partial charge in [0, 0.05) is 22.1 Å². The molecule has 1 aliphatic heterocycles. The SMILES string of the molecule is CC(C)OC(=O)NN(C(=O)OC(C)C)[C@]1(Cc2ccccc2Br)C(=O)Nc2ccccc21. The maximum atomic E-state index is 13.5. The Morgan fingerprint density at radius 1 is 1.03 bits per heavy atom. The van der Waals surface area contributed by atoms with Crippen LogP contribution in [-0.2, 0) is 26.2 Å². The molecule has 0 saturated heterocycles. The van der Waals surface area contributed by atoms with Crippen molar-refractivity contribution in [1.29, 1.82) is 0 Å². The zero-order valence-corrected chi connectivity index (χ0v) is 19.9. The van der Waals surface area contributed by atoms with Crippen molar-refractivity contribution in [3.63, 3.8) is 0 Å². The molecule has 0 fully saturated rings. The monoisotopic (exact) mass is 503 g/mol. The molecule has 1 atom stereocenters. The maximum absolute atomic E-state index is 13.5. The van der Waals surface area contributed by atoms with Gasteiger partial charge < -0.3 is 14.8 Å². The zero-order chi connectivity index (χ0) is 23.5. The summed E-state index contributed by atoms with van der Waals surface area (Å²) in [6.07, 6.45) is -2.58. The van der Waals surface area contributed by atoms with E-state index in [1.165, 1.54) is 0 Å². The molecule has 170 valence electrons. The Kier molecular flexibility index (Phi) is 7.08. The number of carbonyl (C=O) groups is 3. The third-order valence-electron chi connectivity index (χ3n) is 4.85. The van der Waals surface area contributed by atoms with Crippen LogP contribution in [0.1, 0.15) is 38.8 Å². The number of nitrogens with one attached hydrogen (secondary N) is 2. The second-order valence-corrected chi connectivity index (χ2v) is 8.82. The Balaban J connectivity index is 2.18. The molecule has 32 heavy (non-hydrogen) atoms. The Hall–Kier alpha value is -3.07. The second-order valence-electron chi connectivity index (χ2n) is 7.96. The average molecular weight is 504 g/mol. The van der Waals surface area contributed by atoms with Gasteiger partial charge in [0.15, 0.2) is 5.54 Å². The molecule has 2 N–H and O–H groups in total. The molecule has 0 saturated carbocycles. The van der Waals surface area contributed by atoms with Gasteiger partial charge in [-0.25, -0.2) is 15.0 Å². The summed E-state index contributed by atoms with van der Waals surface area (Å²) in [4.78, 5) is 39.3. The smallest absolute Gasteiger partial charge is 0.430 e. The van der Waals surface area contributed by atoms with Gasteiger partial charge in [-0.05, 0) is 45.4 Å². The molecule has 3 rings (SSSR count). The molecular weight excluding hydrogens is 478 g/mol. The van der Waals surface area contributed by atoms with Crippen LogP contribution < -0.4 is 10.7 Å². The molecule has 1 aliphatic rings. The van der Waals surface area contributed by atoms with Crippen molar-refractivity contribution < 1.29 is 23.9 Å². The fourth-order valence-electron chi connectivity index (χ4n) is 3.58. The van der Waals surface area contributed by atoms with E-state index in [1.54, 1.807) is 52.0 Å². The second kappa shape index (κ2) is 9.60. The number of fused-ring (bicyclic) bond motifs is 1. The highest BCUT2D eigenvalue weighted by atomic mass is 79.9. The minimum absolute atomic E-state index is 0.0758. The normalized spacial score (nSPS) is 17.0. The van der Waals surface area contributed by atoms with Crippen LogP contribution in [0.4, 0.5) is 15.3 Å². The van der Waals surface area contributed by atoms with Gasteiger partial charge in [0.1, 0.15) is 0 Å². The maximum Gasteiger partial charge on any atom is 0.430 e. The summed E-state index contributed by atoms with van der Waals surface area (Å²) in [5, 5.41) is 3.78. The molecule has 0 radical (unpaired) electrons. The largest absolute Gasteiger partial charge is 0.446 e. The van der Waals surface area contributed by atoms with Crippen molar-refractivity contribution >= 4 is 39.7 Å². The lowest BCUT2D eigenvalue weighted by Gasteiger charge is -2.38. The van der Waals surface area contributed by atoms with E-state index in [0.717, 1.165) is 15.0 Å². The van der Waals surface area contributed by atoms with Gasteiger partial charge in [-0.15, -0.1) is 0 Å². The molecule has 0 spiro atoms. The summed E-state index contributed by atoms with van der Waals surface area (Å²) < 4.78 is 11.4. The van der Waals surface area contributed by atoms with E-state index in [-0.39, 0.29) is 6.42 Å². The van der Waals surface area contributed by atoms with E-state index in [9.17, 15) is 14.4 Å². The van der Waals surface area contributed by atoms with E-state index in [4.69, 9.17) is 9.47 Å². The number of ether oxygens (including phenoxy) is 2. The van der Waals surface area contributed by atoms with Gasteiger partial charge in [0.05, 0.1) is 12.2 Å². The fourth-order valence-corrected chi connectivity index (χ4v) is 4.00. The topological polar surface area (TPSA) is 97.0 Å². The minimum Gasteiger partial charge on any atom is -0.446 e. The quantitative estimate of drug-likeness (QED) is 0.574. The number of carbonyl (C=O) groups excluding carboxylic acids is 3. The van der Waals surface area contributed by atoms with Crippen molar-refractivity contribution in [2.75, 3.05) is 5.32 Å². The van der Waals surface area contributed by atoms with E-state index in [1.807, 2.05) is 24.3 Å². The van der Waals surface area contributed by atoms with Crippen LogP contribution in [0, 0.1) is 0 Å². The summed E-state index contributed by atoms with van der Waals surface area (Å²) >= 11 is 3.52. The van der Waals surface area contributed by atoms with Crippen molar-refractivity contribution in [3.8, 4) is 0 Å². The third-order valence-corrected chi connectivity index (χ3v) is 5.62. The van der Waals surface area contributed by atoms with Crippen molar-refractivity contribution in [2.24, 2.45) is 0 Å². The van der Waals surface area contributed by atoms with Gasteiger partial charge in [-0.1, -0.05) is 52.3 Å². The molecule has 0 unspecified atom stereocenters. The van der Waals surface area contributed by atoms with Crippen molar-refractivity contribution in [3.05, 3.63) is 64.1 Å². The summed E-state index contributed by atoms with van der Waals surface area (Å²) in [6.45, 7) is 6.74. The molecule has 2 aromatic rings. The first kappa shape index (κ1) is 23.6. The molecule has 0 aliphatic carbocycles. The van der Waals surface area contributed by atoms with Gasteiger partial charge >= 0.3 is 12.2 Å². The highest BCUT2D eigenvalue weighted by Crippen LogP contribution is 2.43. The number of benzene rings is 2. The summed E-state index contributed by atoms with van der Waals surface area (Å²) in [5.74, 6) is -0.472. The van der Waals surface area contributed by atoms with Crippen LogP contribution in [0.2, 0.25) is 0 Å². The minimum atomic E-state index is -1.61. The van der Waals surface area contributed by atoms with Crippen molar-refractivity contribution in [2.45, 2.75) is 51.9 Å². The Morgan fingerprint density at radius 2 is 1.66 bits per heavy atom. The van der Waals surface area contributed by atoms with E-state index < -0.39 is 35.8 Å². The van der Waals surface area contributed by atoms with Crippen LogP contribution in [0.5, 0.6) is 0 Å². The summed E-state index contributed by atoms with van der Waals surface area (Å²) in [6, 6.07) is 14.4. The molecule has 9 heteroatoms. The molecular formula is C23H26BrN3O5. The number of hydrazine groups is 1. The Bertz CT molecular complexity index is 1030. The Morgan fingerprint density at radius 3 is 2.31 bits per heavy atom. The lowest BCUT2D eigenvalue weighted by Crippen LogP contribution is -2.62. The number of hydrogen-bond donors (Lipinski definition) is 2. The van der Waals surface area contributed by atoms with Gasteiger partial charge in [-0.2, -0.15) is 5.01 Å². The molecule has 1 heterocycles. The number of para-hydroxylation sites is 1. The van der Waals surface area contributed by atoms with Gasteiger partial charge in [-0.3, -0.25) is 4.79 Å². The van der Waals surface area contributed by atoms with Crippen LogP contribution in [0.3, 0.4) is 0 Å². The molecule has 0 aromatic heterocycles. The molecule has 0 bridgehead atoms. The first-order valence-electron chi connectivity index (χ1n) is 10.3. The van der Waals surface area contributed by atoms with Crippen molar-refractivity contribution in [1.82, 2.24) is 10.4 Å². The highest BCUT2D eigenvalue weighted by Gasteiger charge is 2.55. The lowest BCUT2D eigenvalue weighted by atomic mass is 9.84. The standard InChI is InChI=1S/C23H26BrN3O5/c1-14(2)31-21(29)26-27(22(30)32-15(3)4)23(13-16-9-5-7-11-18(16)24)17-10-6-8-12-19(17)25-20(23)28/h5-12,14-15H,13H2,1-4H3,(H,25,28)(H,26,29)/t23-/m0/s1. The number of halogens is 1. The lowest BCUT2D eigenvalue weighted by molar-refractivity contribution is -0.129. The molecule has 3 amide bonds. The Labute approximate surface area is 195 Å². The summed E-state index contributed by atoms with van der Waals surface area (Å²) in [5.41, 5.74) is 2.71. The van der Waals surface area contributed by atoms with E-state index in [2.05, 4.69) is 26.7 Å². The number of nitrogens with zero attached hydrogens (tertiary/aromatic N) is 1. The predicted molar refractivity (Wildman–Crippen MR) is 123 cm³/mol. The molecule has 2 aromatic carbocycles. The first-order chi connectivity index (χ1) is 15.1. The summed E-state index contributed by atoms with van der Waals surface area (Å²) in [7, 11) is 0. The van der Waals surface area contributed by atoms with E-state index >= 15 is 0 Å². The predicted octanol–water partition coefficient (Wildman–Crippen LogP) is 4.74. The highest BCUT2D eigenvalue weighted by molar-refractivity contribution is 9.10. The van der Waals surface area contributed by atoms with Gasteiger partial charge in [0.25, 0.3) is 5.91 Å². The molecule has 8 nitrogen and oxygen atoms in total. The zero-order valence-electron chi connectivity index (χ0n) is 18.3. The third kappa shape index (κ3) is 4.72.